The molecule has 3 N–H and O–H groups in total. The number of aromatic nitrogens is 4. The maximum absolute atomic E-state index is 4.26. The van der Waals surface area contributed by atoms with Crippen molar-refractivity contribution in [2.45, 2.75) is 18.9 Å². The summed E-state index contributed by atoms with van der Waals surface area (Å²) in [6.45, 7) is 2.10. The minimum Gasteiger partial charge on any atom is -0.365 e. The summed E-state index contributed by atoms with van der Waals surface area (Å²) >= 11 is 0. The molecule has 3 rings (SSSR count). The van der Waals surface area contributed by atoms with E-state index in [0.29, 0.717) is 6.04 Å². The summed E-state index contributed by atoms with van der Waals surface area (Å²) in [5.74, 6) is 0.868. The van der Waals surface area contributed by atoms with Gasteiger partial charge in [0.1, 0.15) is 12.1 Å². The number of H-pyrrole nitrogens is 1. The normalized spacial score (nSPS) is 21.1. The van der Waals surface area contributed by atoms with Crippen LogP contribution in [0.15, 0.2) is 12.5 Å². The quantitative estimate of drug-likeness (QED) is 0.684. The zero-order valence-electron chi connectivity index (χ0n) is 8.90. The zero-order valence-corrected chi connectivity index (χ0v) is 8.90. The molecule has 6 heteroatoms. The summed E-state index contributed by atoms with van der Waals surface area (Å²) in [5.41, 5.74) is 0.779. The molecule has 1 aliphatic rings. The highest BCUT2D eigenvalue weighted by Crippen LogP contribution is 2.18. The van der Waals surface area contributed by atoms with E-state index in [9.17, 15) is 0 Å². The molecule has 3 heterocycles. The van der Waals surface area contributed by atoms with E-state index in [4.69, 9.17) is 0 Å². The first-order valence-electron chi connectivity index (χ1n) is 5.55. The van der Waals surface area contributed by atoms with E-state index in [2.05, 4.69) is 30.8 Å². The Kier molecular flexibility index (Phi) is 2.41. The van der Waals surface area contributed by atoms with Gasteiger partial charge >= 0.3 is 0 Å². The third-order valence-electron chi connectivity index (χ3n) is 2.89. The predicted octanol–water partition coefficient (Wildman–Crippen LogP) is 0.517. The first-order valence-corrected chi connectivity index (χ1v) is 5.55. The van der Waals surface area contributed by atoms with Crippen LogP contribution in [-0.4, -0.2) is 39.3 Å². The fraction of sp³-hybridized carbons (Fsp3) is 0.500. The molecule has 0 spiro atoms. The predicted molar refractivity (Wildman–Crippen MR) is 61.2 cm³/mol. The van der Waals surface area contributed by atoms with Gasteiger partial charge in [-0.25, -0.2) is 9.97 Å². The van der Waals surface area contributed by atoms with Gasteiger partial charge in [0.2, 0.25) is 0 Å². The second-order valence-electron chi connectivity index (χ2n) is 4.04. The van der Waals surface area contributed by atoms with Gasteiger partial charge in [-0.1, -0.05) is 0 Å². The Balaban J connectivity index is 1.85. The van der Waals surface area contributed by atoms with Gasteiger partial charge in [0, 0.05) is 12.6 Å². The van der Waals surface area contributed by atoms with Crippen LogP contribution in [0.2, 0.25) is 0 Å². The minimum absolute atomic E-state index is 0.446. The third kappa shape index (κ3) is 1.71. The second-order valence-corrected chi connectivity index (χ2v) is 4.04. The van der Waals surface area contributed by atoms with Crippen molar-refractivity contribution >= 4 is 16.9 Å². The number of rotatable bonds is 2. The average molecular weight is 218 g/mol. The van der Waals surface area contributed by atoms with Crippen LogP contribution in [-0.2, 0) is 0 Å². The number of anilines is 1. The number of hydrogen-bond acceptors (Lipinski definition) is 5. The molecule has 6 nitrogen and oxygen atoms in total. The molecule has 1 saturated heterocycles. The Bertz CT molecular complexity index is 473. The number of nitrogens with zero attached hydrogens (tertiary/aromatic N) is 3. The summed E-state index contributed by atoms with van der Waals surface area (Å²) in [5, 5.41) is 14.6. The van der Waals surface area contributed by atoms with Gasteiger partial charge in [0.25, 0.3) is 0 Å². The highest BCUT2D eigenvalue weighted by molar-refractivity contribution is 5.85. The van der Waals surface area contributed by atoms with E-state index in [1.807, 2.05) is 0 Å². The van der Waals surface area contributed by atoms with Crippen LogP contribution in [0.1, 0.15) is 12.8 Å². The molecule has 0 radical (unpaired) electrons. The number of nitrogens with one attached hydrogen (secondary N) is 3. The third-order valence-corrected chi connectivity index (χ3v) is 2.89. The summed E-state index contributed by atoms with van der Waals surface area (Å²) in [6.07, 6.45) is 5.70. The average Bonchev–Trinajstić information content (AvgIpc) is 2.80. The first-order chi connectivity index (χ1) is 7.93. The Morgan fingerprint density at radius 1 is 1.38 bits per heavy atom. The van der Waals surface area contributed by atoms with Crippen molar-refractivity contribution in [3.63, 3.8) is 0 Å². The molecule has 0 saturated carbocycles. The van der Waals surface area contributed by atoms with Crippen LogP contribution in [0.4, 0.5) is 5.82 Å². The van der Waals surface area contributed by atoms with Gasteiger partial charge < -0.3 is 10.6 Å². The van der Waals surface area contributed by atoms with E-state index < -0.39 is 0 Å². The monoisotopic (exact) mass is 218 g/mol. The van der Waals surface area contributed by atoms with Gasteiger partial charge in [-0.05, 0) is 19.4 Å². The molecule has 0 bridgehead atoms. The fourth-order valence-electron chi connectivity index (χ4n) is 2.05. The fourth-order valence-corrected chi connectivity index (χ4v) is 2.05. The summed E-state index contributed by atoms with van der Waals surface area (Å²) in [6, 6.07) is 0.446. The maximum Gasteiger partial charge on any atom is 0.160 e. The van der Waals surface area contributed by atoms with Crippen LogP contribution < -0.4 is 10.6 Å². The molecular weight excluding hydrogens is 204 g/mol. The SMILES string of the molecule is c1nc(NC2CCCNC2)c2cn[nH]c2n1. The van der Waals surface area contributed by atoms with Crippen molar-refractivity contribution in [1.29, 1.82) is 0 Å². The van der Waals surface area contributed by atoms with Gasteiger partial charge in [-0.15, -0.1) is 0 Å². The molecule has 1 atom stereocenters. The second kappa shape index (κ2) is 4.05. The molecule has 0 aliphatic carbocycles. The lowest BCUT2D eigenvalue weighted by Crippen LogP contribution is -2.38. The van der Waals surface area contributed by atoms with Crippen LogP contribution in [0.25, 0.3) is 11.0 Å². The lowest BCUT2D eigenvalue weighted by atomic mass is 10.1. The zero-order chi connectivity index (χ0) is 10.8. The Labute approximate surface area is 92.9 Å². The molecule has 2 aromatic rings. The Morgan fingerprint density at radius 3 is 3.25 bits per heavy atom. The molecule has 1 fully saturated rings. The largest absolute Gasteiger partial charge is 0.365 e. The maximum atomic E-state index is 4.26. The van der Waals surface area contributed by atoms with E-state index in [1.165, 1.54) is 12.8 Å². The van der Waals surface area contributed by atoms with Crippen molar-refractivity contribution < 1.29 is 0 Å². The van der Waals surface area contributed by atoms with Gasteiger partial charge in [-0.2, -0.15) is 5.10 Å². The standard InChI is InChI=1S/C10H14N6/c1-2-7(4-11-3-1)15-9-8-5-14-16-10(8)13-6-12-9/h5-7,11H,1-4H2,(H2,12,13,14,15,16). The number of piperidine rings is 1. The molecule has 0 aromatic carbocycles. The molecule has 2 aromatic heterocycles. The van der Waals surface area contributed by atoms with Crippen molar-refractivity contribution in [2.75, 3.05) is 18.4 Å². The van der Waals surface area contributed by atoms with E-state index in [0.717, 1.165) is 29.9 Å². The van der Waals surface area contributed by atoms with Crippen LogP contribution in [0.5, 0.6) is 0 Å². The van der Waals surface area contributed by atoms with Gasteiger partial charge in [-0.3, -0.25) is 5.10 Å². The van der Waals surface area contributed by atoms with Crippen molar-refractivity contribution in [2.24, 2.45) is 0 Å². The minimum atomic E-state index is 0.446. The Hall–Kier alpha value is -1.69. The summed E-state index contributed by atoms with van der Waals surface area (Å²) in [4.78, 5) is 8.37. The molecular formula is C10H14N6. The molecule has 84 valence electrons. The van der Waals surface area contributed by atoms with Crippen molar-refractivity contribution in [3.8, 4) is 0 Å². The van der Waals surface area contributed by atoms with E-state index in [-0.39, 0.29) is 0 Å². The van der Waals surface area contributed by atoms with Crippen LogP contribution >= 0.6 is 0 Å². The molecule has 0 amide bonds. The molecule has 1 aliphatic heterocycles. The highest BCUT2D eigenvalue weighted by Gasteiger charge is 2.14. The van der Waals surface area contributed by atoms with Crippen LogP contribution in [0, 0.1) is 0 Å². The smallest absolute Gasteiger partial charge is 0.160 e. The lowest BCUT2D eigenvalue weighted by Gasteiger charge is -2.24. The topological polar surface area (TPSA) is 78.5 Å². The number of fused-ring (bicyclic) bond motifs is 1. The number of aromatic amines is 1. The van der Waals surface area contributed by atoms with Gasteiger partial charge in [0.15, 0.2) is 5.65 Å². The highest BCUT2D eigenvalue weighted by atomic mass is 15.2. The first kappa shape index (κ1) is 9.53. The van der Waals surface area contributed by atoms with E-state index >= 15 is 0 Å². The lowest BCUT2D eigenvalue weighted by molar-refractivity contribution is 0.479. The van der Waals surface area contributed by atoms with Crippen molar-refractivity contribution in [1.82, 2.24) is 25.5 Å². The summed E-state index contributed by atoms with van der Waals surface area (Å²) < 4.78 is 0. The van der Waals surface area contributed by atoms with Gasteiger partial charge in [0.05, 0.1) is 11.6 Å². The molecule has 1 unspecified atom stereocenters. The van der Waals surface area contributed by atoms with Crippen LogP contribution in [0.3, 0.4) is 0 Å². The Morgan fingerprint density at radius 2 is 2.38 bits per heavy atom. The molecule has 16 heavy (non-hydrogen) atoms. The summed E-state index contributed by atoms with van der Waals surface area (Å²) in [7, 11) is 0. The van der Waals surface area contributed by atoms with Crippen molar-refractivity contribution in [3.05, 3.63) is 12.5 Å². The van der Waals surface area contributed by atoms with E-state index in [1.54, 1.807) is 12.5 Å². The number of hydrogen-bond donors (Lipinski definition) is 3.